The maximum atomic E-state index is 12.6. The molecule has 3 aromatic carbocycles. The fraction of sp³-hybridized carbons (Fsp3) is 0.130. The van der Waals surface area contributed by atoms with Gasteiger partial charge in [0.15, 0.2) is 0 Å². The summed E-state index contributed by atoms with van der Waals surface area (Å²) in [4.78, 5) is 25.4. The molecule has 3 rings (SSSR count). The number of carbonyl (C=O) groups excluding carboxylic acids is 2. The van der Waals surface area contributed by atoms with Crippen LogP contribution in [0, 0.1) is 0 Å². The molecular formula is C23H24N2O2. The second kappa shape index (κ2) is 10.6. The molecule has 0 aromatic heterocycles. The van der Waals surface area contributed by atoms with Crippen LogP contribution in [0.15, 0.2) is 97.1 Å². The lowest BCUT2D eigenvalue weighted by molar-refractivity contribution is -0.119. The number of benzene rings is 3. The molecule has 0 heterocycles. The Balaban J connectivity index is 0.000000369. The predicted molar refractivity (Wildman–Crippen MR) is 108 cm³/mol. The van der Waals surface area contributed by atoms with Crippen molar-refractivity contribution in [1.82, 2.24) is 4.90 Å². The molecule has 138 valence electrons. The molecule has 1 atom stereocenters. The summed E-state index contributed by atoms with van der Waals surface area (Å²) in [7, 11) is 0. The number of hydrogen-bond acceptors (Lipinski definition) is 2. The minimum atomic E-state index is -0.526. The monoisotopic (exact) mass is 360 g/mol. The van der Waals surface area contributed by atoms with Gasteiger partial charge in [-0.15, -0.1) is 0 Å². The van der Waals surface area contributed by atoms with Crippen LogP contribution < -0.4 is 5.73 Å². The molecule has 2 N–H and O–H groups in total. The van der Waals surface area contributed by atoms with Gasteiger partial charge in [0.2, 0.25) is 5.91 Å². The largest absolute Gasteiger partial charge is 0.368 e. The van der Waals surface area contributed by atoms with Crippen molar-refractivity contribution >= 4 is 11.8 Å². The van der Waals surface area contributed by atoms with Crippen molar-refractivity contribution in [3.63, 3.8) is 0 Å². The molecule has 2 amide bonds. The molecule has 0 aliphatic rings. The Hall–Kier alpha value is -3.40. The zero-order chi connectivity index (χ0) is 19.5. The van der Waals surface area contributed by atoms with Gasteiger partial charge >= 0.3 is 0 Å². The van der Waals surface area contributed by atoms with E-state index in [4.69, 9.17) is 5.73 Å². The quantitative estimate of drug-likeness (QED) is 0.746. The van der Waals surface area contributed by atoms with Gasteiger partial charge in [-0.1, -0.05) is 84.9 Å². The number of nitrogens with zero attached hydrogens (tertiary/aromatic N) is 1. The van der Waals surface area contributed by atoms with E-state index in [0.717, 1.165) is 5.56 Å². The normalized spacial score (nSPS) is 10.9. The third kappa shape index (κ3) is 6.44. The van der Waals surface area contributed by atoms with Crippen LogP contribution in [0.2, 0.25) is 0 Å². The number of primary amides is 1. The molecule has 0 saturated carbocycles. The number of rotatable bonds is 5. The molecule has 0 radical (unpaired) electrons. The lowest BCUT2D eigenvalue weighted by Gasteiger charge is -2.28. The van der Waals surface area contributed by atoms with E-state index >= 15 is 0 Å². The minimum Gasteiger partial charge on any atom is -0.368 e. The topological polar surface area (TPSA) is 63.4 Å². The lowest BCUT2D eigenvalue weighted by Crippen LogP contribution is -2.40. The first-order chi connectivity index (χ1) is 13.1. The first kappa shape index (κ1) is 19.9. The number of carbonyl (C=O) groups is 2. The second-order valence-corrected chi connectivity index (χ2v) is 6.01. The fourth-order valence-electron chi connectivity index (χ4n) is 2.60. The highest BCUT2D eigenvalue weighted by molar-refractivity contribution is 5.96. The standard InChI is InChI=1S/C17H18N2O2.C6H6/c1-13(14-8-4-2-5-9-14)19(12-16(18)20)17(21)15-10-6-3-7-11-15;1-2-4-6-5-3-1/h2-11,13H,12H2,1H3,(H2,18,20);1-6H. The molecule has 1 unspecified atom stereocenters. The van der Waals surface area contributed by atoms with E-state index in [9.17, 15) is 9.59 Å². The molecule has 0 bridgehead atoms. The summed E-state index contributed by atoms with van der Waals surface area (Å²) >= 11 is 0. The van der Waals surface area contributed by atoms with Gasteiger partial charge in [-0.05, 0) is 24.6 Å². The maximum Gasteiger partial charge on any atom is 0.254 e. The lowest BCUT2D eigenvalue weighted by atomic mass is 10.1. The van der Waals surface area contributed by atoms with Crippen LogP contribution in [0.5, 0.6) is 0 Å². The van der Waals surface area contributed by atoms with E-state index in [1.807, 2.05) is 79.7 Å². The third-order valence-corrected chi connectivity index (χ3v) is 4.02. The molecule has 0 fully saturated rings. The molecule has 4 heteroatoms. The SMILES string of the molecule is CC(c1ccccc1)N(CC(N)=O)C(=O)c1ccccc1.c1ccccc1. The number of hydrogen-bond donors (Lipinski definition) is 1. The summed E-state index contributed by atoms with van der Waals surface area (Å²) in [5.74, 6) is -0.729. The van der Waals surface area contributed by atoms with Crippen LogP contribution in [0.25, 0.3) is 0 Å². The minimum absolute atomic E-state index is 0.107. The van der Waals surface area contributed by atoms with Gasteiger partial charge < -0.3 is 10.6 Å². The average molecular weight is 360 g/mol. The summed E-state index contributed by atoms with van der Waals surface area (Å²) in [5, 5.41) is 0. The smallest absolute Gasteiger partial charge is 0.254 e. The van der Waals surface area contributed by atoms with E-state index in [-0.39, 0.29) is 18.5 Å². The highest BCUT2D eigenvalue weighted by Crippen LogP contribution is 2.21. The summed E-state index contributed by atoms with van der Waals surface area (Å²) in [6.07, 6.45) is 0. The Kier molecular flexibility index (Phi) is 7.79. The molecule has 0 saturated heterocycles. The second-order valence-electron chi connectivity index (χ2n) is 6.01. The summed E-state index contributed by atoms with van der Waals surface area (Å²) in [5.41, 5.74) is 6.80. The summed E-state index contributed by atoms with van der Waals surface area (Å²) in [6, 6.07) is 30.2. The van der Waals surface area contributed by atoms with Crippen molar-refractivity contribution in [2.24, 2.45) is 5.73 Å². The zero-order valence-electron chi connectivity index (χ0n) is 15.4. The van der Waals surface area contributed by atoms with Crippen molar-refractivity contribution in [2.45, 2.75) is 13.0 Å². The Bertz CT molecular complexity index is 794. The van der Waals surface area contributed by atoms with E-state index in [1.165, 1.54) is 4.90 Å². The molecule has 27 heavy (non-hydrogen) atoms. The van der Waals surface area contributed by atoms with Crippen molar-refractivity contribution in [3.05, 3.63) is 108 Å². The van der Waals surface area contributed by atoms with Crippen molar-refractivity contribution in [1.29, 1.82) is 0 Å². The molecule has 4 nitrogen and oxygen atoms in total. The van der Waals surface area contributed by atoms with Gasteiger partial charge in [0.25, 0.3) is 5.91 Å². The average Bonchev–Trinajstić information content (AvgIpc) is 2.74. The predicted octanol–water partition coefficient (Wildman–Crippen LogP) is 4.06. The van der Waals surface area contributed by atoms with Crippen LogP contribution in [0.4, 0.5) is 0 Å². The Morgan fingerprint density at radius 2 is 1.19 bits per heavy atom. The zero-order valence-corrected chi connectivity index (χ0v) is 15.4. The third-order valence-electron chi connectivity index (χ3n) is 4.02. The van der Waals surface area contributed by atoms with Gasteiger partial charge in [0, 0.05) is 5.56 Å². The Morgan fingerprint density at radius 1 is 0.778 bits per heavy atom. The first-order valence-corrected chi connectivity index (χ1v) is 8.79. The fourth-order valence-corrected chi connectivity index (χ4v) is 2.60. The van der Waals surface area contributed by atoms with Gasteiger partial charge in [-0.3, -0.25) is 9.59 Å². The van der Waals surface area contributed by atoms with Crippen LogP contribution >= 0.6 is 0 Å². The van der Waals surface area contributed by atoms with Crippen LogP contribution in [0.3, 0.4) is 0 Å². The molecule has 0 aliphatic heterocycles. The molecular weight excluding hydrogens is 336 g/mol. The van der Waals surface area contributed by atoms with Gasteiger partial charge in [-0.2, -0.15) is 0 Å². The number of nitrogens with two attached hydrogens (primary N) is 1. The molecule has 0 aliphatic carbocycles. The first-order valence-electron chi connectivity index (χ1n) is 8.79. The Labute approximate surface area is 160 Å². The van der Waals surface area contributed by atoms with Gasteiger partial charge in [0.1, 0.15) is 6.54 Å². The van der Waals surface area contributed by atoms with E-state index in [0.29, 0.717) is 5.56 Å². The van der Waals surface area contributed by atoms with E-state index < -0.39 is 5.91 Å². The van der Waals surface area contributed by atoms with E-state index in [1.54, 1.807) is 24.3 Å². The Morgan fingerprint density at radius 3 is 1.63 bits per heavy atom. The van der Waals surface area contributed by atoms with Crippen LogP contribution in [0.1, 0.15) is 28.9 Å². The van der Waals surface area contributed by atoms with Crippen molar-refractivity contribution in [3.8, 4) is 0 Å². The summed E-state index contributed by atoms with van der Waals surface area (Å²) < 4.78 is 0. The van der Waals surface area contributed by atoms with Crippen molar-refractivity contribution < 1.29 is 9.59 Å². The van der Waals surface area contributed by atoms with Gasteiger partial charge in [-0.25, -0.2) is 0 Å². The maximum absolute atomic E-state index is 12.6. The molecule has 0 spiro atoms. The van der Waals surface area contributed by atoms with Crippen LogP contribution in [-0.2, 0) is 4.79 Å². The highest BCUT2D eigenvalue weighted by Gasteiger charge is 2.24. The van der Waals surface area contributed by atoms with Crippen LogP contribution in [-0.4, -0.2) is 23.3 Å². The van der Waals surface area contributed by atoms with Crippen molar-refractivity contribution in [2.75, 3.05) is 6.54 Å². The van der Waals surface area contributed by atoms with Gasteiger partial charge in [0.05, 0.1) is 6.04 Å². The molecule has 3 aromatic rings. The number of amides is 2. The highest BCUT2D eigenvalue weighted by atomic mass is 16.2. The summed E-state index contributed by atoms with van der Waals surface area (Å²) in [6.45, 7) is 1.78. The van der Waals surface area contributed by atoms with E-state index in [2.05, 4.69) is 0 Å².